The molecule has 4 rings (SSSR count). The Kier molecular flexibility index (Phi) is 4.55. The minimum Gasteiger partial charge on any atom is -0.492 e. The number of anilines is 2. The molecule has 5 nitrogen and oxygen atoms in total. The van der Waals surface area contributed by atoms with Crippen molar-refractivity contribution in [1.82, 2.24) is 4.90 Å². The number of nitrogens with one attached hydrogen (secondary N) is 2. The number of benzene rings is 2. The van der Waals surface area contributed by atoms with Gasteiger partial charge in [-0.05, 0) is 44.0 Å². The van der Waals surface area contributed by atoms with E-state index in [1.165, 1.54) is 0 Å². The highest BCUT2D eigenvalue weighted by molar-refractivity contribution is 6.06. The number of piperidine rings is 1. The molecule has 0 radical (unpaired) electrons. The van der Waals surface area contributed by atoms with Gasteiger partial charge in [-0.3, -0.25) is 9.69 Å². The molecule has 0 saturated carbocycles. The van der Waals surface area contributed by atoms with Crippen LogP contribution in [-0.4, -0.2) is 42.1 Å². The molecule has 136 valence electrons. The van der Waals surface area contributed by atoms with Crippen LogP contribution in [0.3, 0.4) is 0 Å². The molecule has 2 aliphatic heterocycles. The van der Waals surface area contributed by atoms with Gasteiger partial charge in [-0.15, -0.1) is 0 Å². The smallest absolute Gasteiger partial charge is 0.250 e. The molecule has 0 aromatic heterocycles. The van der Waals surface area contributed by atoms with Crippen molar-refractivity contribution in [3.63, 3.8) is 0 Å². The molecule has 0 bridgehead atoms. The van der Waals surface area contributed by atoms with Gasteiger partial charge in [0.2, 0.25) is 5.91 Å². The average molecular weight is 351 g/mol. The number of likely N-dealkylation sites (tertiary alicyclic amines) is 1. The molecule has 5 heteroatoms. The SMILES string of the molecule is C[C@H](COc1ccccc1)N1CCC2(CC1)Nc1ccccc1NC2=O. The van der Waals surface area contributed by atoms with E-state index in [-0.39, 0.29) is 5.91 Å². The van der Waals surface area contributed by atoms with Crippen LogP contribution in [0.5, 0.6) is 5.75 Å². The number of carbonyl (C=O) groups excluding carboxylic acids is 1. The molecule has 0 aliphatic carbocycles. The number of para-hydroxylation sites is 3. The van der Waals surface area contributed by atoms with E-state index in [0.29, 0.717) is 12.6 Å². The first-order chi connectivity index (χ1) is 12.7. The third-order valence-corrected chi connectivity index (χ3v) is 5.49. The zero-order chi connectivity index (χ0) is 18.0. The van der Waals surface area contributed by atoms with E-state index < -0.39 is 5.54 Å². The lowest BCUT2D eigenvalue weighted by Crippen LogP contribution is -2.59. The number of carbonyl (C=O) groups is 1. The normalized spacial score (nSPS) is 20.0. The van der Waals surface area contributed by atoms with Crippen molar-refractivity contribution in [2.24, 2.45) is 0 Å². The van der Waals surface area contributed by atoms with E-state index in [0.717, 1.165) is 43.1 Å². The van der Waals surface area contributed by atoms with Gasteiger partial charge in [0, 0.05) is 19.1 Å². The zero-order valence-electron chi connectivity index (χ0n) is 15.1. The number of hydrogen-bond acceptors (Lipinski definition) is 4. The predicted octanol–water partition coefficient (Wildman–Crippen LogP) is 3.35. The van der Waals surface area contributed by atoms with Crippen molar-refractivity contribution in [1.29, 1.82) is 0 Å². The summed E-state index contributed by atoms with van der Waals surface area (Å²) in [7, 11) is 0. The van der Waals surface area contributed by atoms with Crippen LogP contribution >= 0.6 is 0 Å². The molecule has 2 aliphatic rings. The van der Waals surface area contributed by atoms with Crippen molar-refractivity contribution in [2.45, 2.75) is 31.3 Å². The van der Waals surface area contributed by atoms with Gasteiger partial charge < -0.3 is 15.4 Å². The Morgan fingerprint density at radius 2 is 1.69 bits per heavy atom. The topological polar surface area (TPSA) is 53.6 Å². The number of hydrogen-bond donors (Lipinski definition) is 2. The largest absolute Gasteiger partial charge is 0.492 e. The molecule has 2 aromatic rings. The Hall–Kier alpha value is -2.53. The minimum absolute atomic E-state index is 0.0871. The number of rotatable bonds is 4. The first-order valence-corrected chi connectivity index (χ1v) is 9.27. The van der Waals surface area contributed by atoms with Crippen LogP contribution in [0, 0.1) is 0 Å². The van der Waals surface area contributed by atoms with E-state index in [1.807, 2.05) is 54.6 Å². The summed E-state index contributed by atoms with van der Waals surface area (Å²) in [5.41, 5.74) is 1.39. The Morgan fingerprint density at radius 1 is 1.04 bits per heavy atom. The van der Waals surface area contributed by atoms with Gasteiger partial charge >= 0.3 is 0 Å². The highest BCUT2D eigenvalue weighted by atomic mass is 16.5. The van der Waals surface area contributed by atoms with E-state index in [4.69, 9.17) is 4.74 Å². The Morgan fingerprint density at radius 3 is 2.42 bits per heavy atom. The molecule has 2 aromatic carbocycles. The van der Waals surface area contributed by atoms with Crippen LogP contribution < -0.4 is 15.4 Å². The fourth-order valence-electron chi connectivity index (χ4n) is 3.80. The van der Waals surface area contributed by atoms with Gasteiger partial charge in [-0.2, -0.15) is 0 Å². The average Bonchev–Trinajstić information content (AvgIpc) is 2.68. The van der Waals surface area contributed by atoms with Crippen LogP contribution in [-0.2, 0) is 4.79 Å². The summed E-state index contributed by atoms with van der Waals surface area (Å²) >= 11 is 0. The van der Waals surface area contributed by atoms with Gasteiger partial charge in [-0.25, -0.2) is 0 Å². The molecule has 0 unspecified atom stereocenters. The molecule has 2 heterocycles. The fourth-order valence-corrected chi connectivity index (χ4v) is 3.80. The molecule has 1 atom stereocenters. The van der Waals surface area contributed by atoms with Gasteiger partial charge in [0.25, 0.3) is 0 Å². The number of fused-ring (bicyclic) bond motifs is 1. The van der Waals surface area contributed by atoms with Crippen molar-refractivity contribution in [2.75, 3.05) is 30.3 Å². The third-order valence-electron chi connectivity index (χ3n) is 5.49. The lowest BCUT2D eigenvalue weighted by molar-refractivity contribution is -0.122. The van der Waals surface area contributed by atoms with Crippen LogP contribution in [0.2, 0.25) is 0 Å². The lowest BCUT2D eigenvalue weighted by atomic mass is 9.84. The van der Waals surface area contributed by atoms with Crippen molar-refractivity contribution in [3.8, 4) is 5.75 Å². The number of ether oxygens (including phenoxy) is 1. The molecular formula is C21H25N3O2. The molecule has 1 saturated heterocycles. The molecule has 2 N–H and O–H groups in total. The summed E-state index contributed by atoms with van der Waals surface area (Å²) in [6, 6.07) is 18.1. The summed E-state index contributed by atoms with van der Waals surface area (Å²) in [6.45, 7) is 4.59. The summed E-state index contributed by atoms with van der Waals surface area (Å²) in [5, 5.41) is 6.58. The van der Waals surface area contributed by atoms with Crippen molar-refractivity contribution >= 4 is 17.3 Å². The maximum Gasteiger partial charge on any atom is 0.250 e. The van der Waals surface area contributed by atoms with E-state index in [1.54, 1.807) is 0 Å². The summed E-state index contributed by atoms with van der Waals surface area (Å²) in [5.74, 6) is 0.988. The molecule has 1 amide bonds. The Balaban J connectivity index is 1.36. The van der Waals surface area contributed by atoms with Gasteiger partial charge in [-0.1, -0.05) is 30.3 Å². The van der Waals surface area contributed by atoms with Crippen LogP contribution in [0.4, 0.5) is 11.4 Å². The molecule has 26 heavy (non-hydrogen) atoms. The van der Waals surface area contributed by atoms with E-state index in [9.17, 15) is 4.79 Å². The Bertz CT molecular complexity index is 770. The lowest BCUT2D eigenvalue weighted by Gasteiger charge is -2.45. The second kappa shape index (κ2) is 7.00. The summed E-state index contributed by atoms with van der Waals surface area (Å²) in [6.07, 6.45) is 1.59. The Labute approximate surface area is 154 Å². The van der Waals surface area contributed by atoms with E-state index in [2.05, 4.69) is 22.5 Å². The van der Waals surface area contributed by atoms with Crippen molar-refractivity contribution in [3.05, 3.63) is 54.6 Å². The molecule has 1 spiro atoms. The third kappa shape index (κ3) is 3.27. The first-order valence-electron chi connectivity index (χ1n) is 9.27. The van der Waals surface area contributed by atoms with Crippen LogP contribution in [0.25, 0.3) is 0 Å². The zero-order valence-corrected chi connectivity index (χ0v) is 15.1. The first kappa shape index (κ1) is 16.9. The summed E-state index contributed by atoms with van der Waals surface area (Å²) in [4.78, 5) is 15.1. The molecule has 1 fully saturated rings. The second-order valence-corrected chi connectivity index (χ2v) is 7.22. The minimum atomic E-state index is -0.495. The number of nitrogens with zero attached hydrogens (tertiary/aromatic N) is 1. The summed E-state index contributed by atoms with van der Waals surface area (Å²) < 4.78 is 5.89. The highest BCUT2D eigenvalue weighted by Crippen LogP contribution is 2.36. The van der Waals surface area contributed by atoms with Gasteiger partial charge in [0.05, 0.1) is 11.4 Å². The predicted molar refractivity (Wildman–Crippen MR) is 104 cm³/mol. The quantitative estimate of drug-likeness (QED) is 0.887. The van der Waals surface area contributed by atoms with Crippen LogP contribution in [0.1, 0.15) is 19.8 Å². The maximum absolute atomic E-state index is 12.7. The van der Waals surface area contributed by atoms with Gasteiger partial charge in [0.15, 0.2) is 0 Å². The maximum atomic E-state index is 12.7. The van der Waals surface area contributed by atoms with Crippen LogP contribution in [0.15, 0.2) is 54.6 Å². The fraction of sp³-hybridized carbons (Fsp3) is 0.381. The number of amides is 1. The standard InChI is InChI=1S/C21H25N3O2/c1-16(15-26-17-7-3-2-4-8-17)24-13-11-21(12-14-24)20(25)22-18-9-5-6-10-19(18)23-21/h2-10,16,23H,11-15H2,1H3,(H,22,25)/t16-/m1/s1. The van der Waals surface area contributed by atoms with Crippen molar-refractivity contribution < 1.29 is 9.53 Å². The van der Waals surface area contributed by atoms with Gasteiger partial charge in [0.1, 0.15) is 17.9 Å². The second-order valence-electron chi connectivity index (χ2n) is 7.22. The highest BCUT2D eigenvalue weighted by Gasteiger charge is 2.44. The molecular weight excluding hydrogens is 326 g/mol. The van der Waals surface area contributed by atoms with E-state index >= 15 is 0 Å². The monoisotopic (exact) mass is 351 g/mol.